The predicted molar refractivity (Wildman–Crippen MR) is 94.5 cm³/mol. The number of thiophene rings is 1. The van der Waals surface area contributed by atoms with Crippen molar-refractivity contribution in [2.45, 2.75) is 37.7 Å². The van der Waals surface area contributed by atoms with Crippen molar-refractivity contribution in [3.05, 3.63) is 47.3 Å². The average Bonchev–Trinajstić information content (AvgIpc) is 3.13. The Balaban J connectivity index is 1.68. The molecule has 0 spiro atoms. The van der Waals surface area contributed by atoms with Crippen LogP contribution in [0.15, 0.2) is 42.5 Å². The summed E-state index contributed by atoms with van der Waals surface area (Å²) in [5.41, 5.74) is 7.12. The summed E-state index contributed by atoms with van der Waals surface area (Å²) in [6.45, 7) is 4.08. The largest absolute Gasteiger partial charge is 0.253 e. The zero-order valence-electron chi connectivity index (χ0n) is 13.1. The maximum atomic E-state index is 12.5. The van der Waals surface area contributed by atoms with Crippen molar-refractivity contribution in [1.29, 1.82) is 0 Å². The fourth-order valence-corrected chi connectivity index (χ4v) is 5.70. The molecule has 7 heteroatoms. The summed E-state index contributed by atoms with van der Waals surface area (Å²) in [6, 6.07) is 13.9. The molecular formula is C16H21N3O2S2. The van der Waals surface area contributed by atoms with E-state index in [-0.39, 0.29) is 12.1 Å². The van der Waals surface area contributed by atoms with Gasteiger partial charge in [-0.3, -0.25) is 10.9 Å². The monoisotopic (exact) mass is 351 g/mol. The molecule has 2 aromatic rings. The molecule has 1 aliphatic heterocycles. The molecular weight excluding hydrogens is 330 g/mol. The number of benzene rings is 1. The fourth-order valence-electron chi connectivity index (χ4n) is 2.90. The van der Waals surface area contributed by atoms with Gasteiger partial charge >= 0.3 is 0 Å². The van der Waals surface area contributed by atoms with Crippen LogP contribution in [-0.2, 0) is 16.6 Å². The van der Waals surface area contributed by atoms with Crippen LogP contribution in [0.25, 0.3) is 10.4 Å². The van der Waals surface area contributed by atoms with E-state index in [0.717, 1.165) is 15.3 Å². The molecule has 0 saturated carbocycles. The number of hydrazine groups is 1. The maximum Gasteiger partial charge on any atom is 0.217 e. The van der Waals surface area contributed by atoms with E-state index in [9.17, 15) is 8.42 Å². The van der Waals surface area contributed by atoms with E-state index in [1.165, 1.54) is 0 Å². The first-order chi connectivity index (χ1) is 11.0. The van der Waals surface area contributed by atoms with E-state index in [1.807, 2.05) is 44.2 Å². The highest BCUT2D eigenvalue weighted by atomic mass is 32.2. The summed E-state index contributed by atoms with van der Waals surface area (Å²) < 4.78 is 27.8. The van der Waals surface area contributed by atoms with Crippen LogP contribution in [0.3, 0.4) is 0 Å². The zero-order valence-corrected chi connectivity index (χ0v) is 14.7. The SMILES string of the molecule is CC1NNC(C)C1S(=O)(=O)NCc1ccc(-c2ccccc2)s1. The number of rotatable bonds is 5. The van der Waals surface area contributed by atoms with Gasteiger partial charge < -0.3 is 0 Å². The molecule has 0 aliphatic carbocycles. The Hall–Kier alpha value is -1.25. The van der Waals surface area contributed by atoms with Gasteiger partial charge in [0.15, 0.2) is 0 Å². The molecule has 0 bridgehead atoms. The van der Waals surface area contributed by atoms with Crippen LogP contribution in [0.4, 0.5) is 0 Å². The van der Waals surface area contributed by atoms with Crippen LogP contribution < -0.4 is 15.6 Å². The Labute approximate surface area is 141 Å². The minimum atomic E-state index is -3.38. The molecule has 1 aromatic heterocycles. The molecule has 2 unspecified atom stereocenters. The van der Waals surface area contributed by atoms with Crippen LogP contribution in [0.2, 0.25) is 0 Å². The molecule has 124 valence electrons. The van der Waals surface area contributed by atoms with Crippen molar-refractivity contribution in [1.82, 2.24) is 15.6 Å². The van der Waals surface area contributed by atoms with Crippen molar-refractivity contribution in [2.24, 2.45) is 0 Å². The topological polar surface area (TPSA) is 70.2 Å². The van der Waals surface area contributed by atoms with E-state index in [1.54, 1.807) is 11.3 Å². The van der Waals surface area contributed by atoms with Gasteiger partial charge in [0.2, 0.25) is 10.0 Å². The Kier molecular flexibility index (Phi) is 4.84. The van der Waals surface area contributed by atoms with Gasteiger partial charge in [0.05, 0.1) is 0 Å². The van der Waals surface area contributed by atoms with Crippen molar-refractivity contribution in [2.75, 3.05) is 0 Å². The van der Waals surface area contributed by atoms with Crippen LogP contribution in [0.5, 0.6) is 0 Å². The Morgan fingerprint density at radius 3 is 2.35 bits per heavy atom. The third-order valence-corrected chi connectivity index (χ3v) is 7.26. The molecule has 23 heavy (non-hydrogen) atoms. The molecule has 0 radical (unpaired) electrons. The van der Waals surface area contributed by atoms with E-state index >= 15 is 0 Å². The van der Waals surface area contributed by atoms with Gasteiger partial charge in [-0.1, -0.05) is 30.3 Å². The van der Waals surface area contributed by atoms with Crippen LogP contribution in [0, 0.1) is 0 Å². The lowest BCUT2D eigenvalue weighted by Crippen LogP contribution is -2.44. The van der Waals surface area contributed by atoms with Gasteiger partial charge in [0.25, 0.3) is 0 Å². The van der Waals surface area contributed by atoms with Crippen LogP contribution in [-0.4, -0.2) is 25.8 Å². The van der Waals surface area contributed by atoms with E-state index in [2.05, 4.69) is 27.7 Å². The molecule has 1 aliphatic rings. The number of hydrogen-bond donors (Lipinski definition) is 3. The highest BCUT2D eigenvalue weighted by molar-refractivity contribution is 7.90. The third-order valence-electron chi connectivity index (χ3n) is 4.05. The van der Waals surface area contributed by atoms with Gasteiger partial charge in [-0.2, -0.15) is 0 Å². The van der Waals surface area contributed by atoms with Crippen LogP contribution >= 0.6 is 11.3 Å². The van der Waals surface area contributed by atoms with Crippen molar-refractivity contribution < 1.29 is 8.42 Å². The number of sulfonamides is 1. The van der Waals surface area contributed by atoms with Crippen molar-refractivity contribution in [3.63, 3.8) is 0 Å². The van der Waals surface area contributed by atoms with E-state index in [4.69, 9.17) is 0 Å². The summed E-state index contributed by atoms with van der Waals surface area (Å²) in [5, 5.41) is -0.476. The predicted octanol–water partition coefficient (Wildman–Crippen LogP) is 2.09. The molecule has 1 saturated heterocycles. The summed E-state index contributed by atoms with van der Waals surface area (Å²) in [5.74, 6) is 0. The molecule has 1 fully saturated rings. The standard InChI is InChI=1S/C16H21N3O2S2/c1-11-16(12(2)19-18-11)23(20,21)17-10-14-8-9-15(22-14)13-6-4-3-5-7-13/h3-9,11-12,16-19H,10H2,1-2H3. The minimum absolute atomic E-state index is 0.120. The fraction of sp³-hybridized carbons (Fsp3) is 0.375. The normalized spacial score (nSPS) is 24.9. The molecule has 2 atom stereocenters. The number of hydrogen-bond acceptors (Lipinski definition) is 5. The van der Waals surface area contributed by atoms with Crippen molar-refractivity contribution in [3.8, 4) is 10.4 Å². The summed E-state index contributed by atoms with van der Waals surface area (Å²) >= 11 is 1.61. The first kappa shape index (κ1) is 16.6. The molecule has 2 heterocycles. The Bertz CT molecular complexity index is 749. The maximum absolute atomic E-state index is 12.5. The highest BCUT2D eigenvalue weighted by Crippen LogP contribution is 2.28. The third kappa shape index (κ3) is 3.64. The van der Waals surface area contributed by atoms with Gasteiger partial charge in [-0.25, -0.2) is 13.1 Å². The van der Waals surface area contributed by atoms with E-state index in [0.29, 0.717) is 6.54 Å². The Morgan fingerprint density at radius 2 is 1.70 bits per heavy atom. The Morgan fingerprint density at radius 1 is 1.04 bits per heavy atom. The second kappa shape index (κ2) is 6.70. The molecule has 5 nitrogen and oxygen atoms in total. The van der Waals surface area contributed by atoms with Crippen molar-refractivity contribution >= 4 is 21.4 Å². The minimum Gasteiger partial charge on any atom is -0.253 e. The first-order valence-electron chi connectivity index (χ1n) is 7.61. The van der Waals surface area contributed by atoms with Gasteiger partial charge in [0, 0.05) is 28.4 Å². The lowest BCUT2D eigenvalue weighted by Gasteiger charge is -2.18. The van der Waals surface area contributed by atoms with Gasteiger partial charge in [-0.05, 0) is 31.5 Å². The summed E-state index contributed by atoms with van der Waals surface area (Å²) in [7, 11) is -3.38. The van der Waals surface area contributed by atoms with E-state index < -0.39 is 15.3 Å². The lowest BCUT2D eigenvalue weighted by atomic mass is 10.2. The quantitative estimate of drug-likeness (QED) is 0.771. The zero-order chi connectivity index (χ0) is 16.4. The molecule has 1 aromatic carbocycles. The average molecular weight is 351 g/mol. The lowest BCUT2D eigenvalue weighted by molar-refractivity contribution is 0.545. The molecule has 3 N–H and O–H groups in total. The summed E-state index contributed by atoms with van der Waals surface area (Å²) in [6.07, 6.45) is 0. The smallest absolute Gasteiger partial charge is 0.217 e. The highest BCUT2D eigenvalue weighted by Gasteiger charge is 2.39. The number of nitrogens with one attached hydrogen (secondary N) is 3. The molecule has 3 rings (SSSR count). The van der Waals surface area contributed by atoms with Gasteiger partial charge in [0.1, 0.15) is 5.25 Å². The summed E-state index contributed by atoms with van der Waals surface area (Å²) in [4.78, 5) is 2.15. The van der Waals surface area contributed by atoms with Crippen LogP contribution in [0.1, 0.15) is 18.7 Å². The second-order valence-electron chi connectivity index (χ2n) is 5.83. The second-order valence-corrected chi connectivity index (χ2v) is 8.92. The molecule has 0 amide bonds. The first-order valence-corrected chi connectivity index (χ1v) is 9.97. The van der Waals surface area contributed by atoms with Gasteiger partial charge in [-0.15, -0.1) is 11.3 Å².